The molecule has 1 N–H and O–H groups in total. The van der Waals surface area contributed by atoms with Crippen molar-refractivity contribution in [2.75, 3.05) is 0 Å². The summed E-state index contributed by atoms with van der Waals surface area (Å²) < 4.78 is 25.0. The molecular formula is C6H12ClNO3S. The first-order valence-electron chi connectivity index (χ1n) is 3.96. The zero-order valence-corrected chi connectivity index (χ0v) is 8.20. The Balaban J connectivity index is 2.22. The fourth-order valence-corrected chi connectivity index (χ4v) is 1.71. The maximum atomic E-state index is 10.4. The monoisotopic (exact) mass is 213 g/mol. The van der Waals surface area contributed by atoms with Crippen LogP contribution in [0.1, 0.15) is 32.1 Å². The molecule has 0 aromatic carbocycles. The molecule has 1 rings (SSSR count). The lowest BCUT2D eigenvalue weighted by atomic mass is 9.96. The molecule has 0 aromatic heterocycles. The lowest BCUT2D eigenvalue weighted by molar-refractivity contribution is 0.145. The van der Waals surface area contributed by atoms with Crippen LogP contribution >= 0.6 is 10.7 Å². The van der Waals surface area contributed by atoms with Crippen molar-refractivity contribution in [3.8, 4) is 0 Å². The fraction of sp³-hybridized carbons (Fsp3) is 1.00. The van der Waals surface area contributed by atoms with Gasteiger partial charge in [0.05, 0.1) is 10.7 Å². The number of hydrogen-bond acceptors (Lipinski definition) is 4. The maximum Gasteiger partial charge on any atom is 0.371 e. The van der Waals surface area contributed by atoms with Gasteiger partial charge in [-0.05, 0) is 12.8 Å². The van der Waals surface area contributed by atoms with E-state index in [1.165, 1.54) is 6.42 Å². The molecule has 0 unspecified atom stereocenters. The van der Waals surface area contributed by atoms with Gasteiger partial charge in [-0.1, -0.05) is 19.3 Å². The van der Waals surface area contributed by atoms with E-state index in [0.29, 0.717) is 0 Å². The van der Waals surface area contributed by atoms with E-state index in [9.17, 15) is 8.42 Å². The molecule has 0 saturated heterocycles. The summed E-state index contributed by atoms with van der Waals surface area (Å²) in [6.07, 6.45) is 5.34. The van der Waals surface area contributed by atoms with E-state index in [0.717, 1.165) is 25.7 Å². The summed E-state index contributed by atoms with van der Waals surface area (Å²) in [7, 11) is 0.977. The van der Waals surface area contributed by atoms with Gasteiger partial charge in [0.25, 0.3) is 0 Å². The van der Waals surface area contributed by atoms with Crippen molar-refractivity contribution in [2.45, 2.75) is 38.1 Å². The van der Waals surface area contributed by atoms with E-state index < -0.39 is 9.33 Å². The van der Waals surface area contributed by atoms with Crippen LogP contribution in [0.25, 0.3) is 0 Å². The van der Waals surface area contributed by atoms with Crippen LogP contribution in [0.5, 0.6) is 0 Å². The molecule has 0 heterocycles. The Morgan fingerprint density at radius 1 is 1.25 bits per heavy atom. The lowest BCUT2D eigenvalue weighted by Crippen LogP contribution is -2.31. The molecular weight excluding hydrogens is 202 g/mol. The van der Waals surface area contributed by atoms with Crippen LogP contribution in [-0.4, -0.2) is 14.5 Å². The van der Waals surface area contributed by atoms with Gasteiger partial charge in [-0.2, -0.15) is 18.2 Å². The first-order valence-corrected chi connectivity index (χ1v) is 6.20. The Morgan fingerprint density at radius 3 is 2.33 bits per heavy atom. The van der Waals surface area contributed by atoms with Crippen molar-refractivity contribution >= 4 is 20.0 Å². The first kappa shape index (κ1) is 10.2. The van der Waals surface area contributed by atoms with Crippen molar-refractivity contribution in [3.63, 3.8) is 0 Å². The average molecular weight is 214 g/mol. The molecule has 1 aliphatic carbocycles. The van der Waals surface area contributed by atoms with Crippen molar-refractivity contribution in [1.29, 1.82) is 0 Å². The third kappa shape index (κ3) is 4.25. The molecule has 0 spiro atoms. The highest BCUT2D eigenvalue weighted by Gasteiger charge is 2.15. The van der Waals surface area contributed by atoms with Gasteiger partial charge in [0, 0.05) is 6.04 Å². The van der Waals surface area contributed by atoms with Crippen LogP contribution in [0.15, 0.2) is 0 Å². The van der Waals surface area contributed by atoms with Crippen LogP contribution in [0.4, 0.5) is 0 Å². The Morgan fingerprint density at radius 2 is 1.83 bits per heavy atom. The predicted octanol–water partition coefficient (Wildman–Crippen LogP) is 1.32. The largest absolute Gasteiger partial charge is 0.371 e. The molecule has 1 aliphatic rings. The highest BCUT2D eigenvalue weighted by atomic mass is 35.7. The number of hydrogen-bond donors (Lipinski definition) is 1. The van der Waals surface area contributed by atoms with Gasteiger partial charge in [0.15, 0.2) is 0 Å². The molecule has 1 saturated carbocycles. The molecule has 0 bridgehead atoms. The van der Waals surface area contributed by atoms with Crippen LogP contribution in [0, 0.1) is 0 Å². The predicted molar refractivity (Wildman–Crippen MR) is 45.9 cm³/mol. The smallest absolute Gasteiger partial charge is 0.180 e. The Labute approximate surface area is 76.8 Å². The quantitative estimate of drug-likeness (QED) is 0.568. The molecule has 4 nitrogen and oxygen atoms in total. The minimum atomic E-state index is -3.86. The topological polar surface area (TPSA) is 55.4 Å². The van der Waals surface area contributed by atoms with Gasteiger partial charge < -0.3 is 0 Å². The van der Waals surface area contributed by atoms with Gasteiger partial charge in [-0.15, -0.1) is 0 Å². The lowest BCUT2D eigenvalue weighted by Gasteiger charge is -2.20. The minimum Gasteiger partial charge on any atom is -0.180 e. The molecule has 6 heteroatoms. The summed E-state index contributed by atoms with van der Waals surface area (Å²) in [6.45, 7) is 0. The molecule has 0 radical (unpaired) electrons. The first-order chi connectivity index (χ1) is 5.58. The zero-order valence-electron chi connectivity index (χ0n) is 6.62. The van der Waals surface area contributed by atoms with Crippen molar-refractivity contribution < 1.29 is 12.7 Å². The second kappa shape index (κ2) is 4.41. The standard InChI is InChI=1S/C6H12ClNO3S/c7-12(9,10)11-8-6-4-2-1-3-5-6/h6,8H,1-5H2. The van der Waals surface area contributed by atoms with Crippen LogP contribution in [0.3, 0.4) is 0 Å². The van der Waals surface area contributed by atoms with Gasteiger partial charge >= 0.3 is 9.33 Å². The van der Waals surface area contributed by atoms with Gasteiger partial charge in [-0.3, -0.25) is 0 Å². The van der Waals surface area contributed by atoms with Crippen LogP contribution in [-0.2, 0) is 13.6 Å². The van der Waals surface area contributed by atoms with Crippen molar-refractivity contribution in [1.82, 2.24) is 5.48 Å². The number of nitrogens with one attached hydrogen (secondary N) is 1. The summed E-state index contributed by atoms with van der Waals surface area (Å²) >= 11 is 0. The molecule has 0 aliphatic heterocycles. The van der Waals surface area contributed by atoms with E-state index in [2.05, 4.69) is 9.76 Å². The third-order valence-electron chi connectivity index (χ3n) is 1.92. The number of hydroxylamine groups is 1. The van der Waals surface area contributed by atoms with Gasteiger partial charge in [0.1, 0.15) is 0 Å². The van der Waals surface area contributed by atoms with Crippen molar-refractivity contribution in [3.05, 3.63) is 0 Å². The molecule has 0 atom stereocenters. The highest BCUT2D eigenvalue weighted by Crippen LogP contribution is 2.17. The fourth-order valence-electron chi connectivity index (χ4n) is 1.35. The van der Waals surface area contributed by atoms with Gasteiger partial charge in [0.2, 0.25) is 0 Å². The normalized spacial score (nSPS) is 21.1. The summed E-state index contributed by atoms with van der Waals surface area (Å²) in [5, 5.41) is 0. The Hall–Kier alpha value is 0.160. The summed E-state index contributed by atoms with van der Waals surface area (Å²) in [5.41, 5.74) is 2.44. The molecule has 1 fully saturated rings. The molecule has 72 valence electrons. The second-order valence-corrected chi connectivity index (χ2v) is 5.02. The van der Waals surface area contributed by atoms with Crippen LogP contribution < -0.4 is 5.48 Å². The van der Waals surface area contributed by atoms with E-state index in [1.807, 2.05) is 0 Å². The second-order valence-electron chi connectivity index (χ2n) is 2.93. The molecule has 12 heavy (non-hydrogen) atoms. The molecule has 0 amide bonds. The van der Waals surface area contributed by atoms with E-state index in [1.54, 1.807) is 0 Å². The van der Waals surface area contributed by atoms with Gasteiger partial charge in [-0.25, -0.2) is 0 Å². The van der Waals surface area contributed by atoms with E-state index >= 15 is 0 Å². The highest BCUT2D eigenvalue weighted by molar-refractivity contribution is 8.09. The average Bonchev–Trinajstić information content (AvgIpc) is 2.02. The number of rotatable bonds is 3. The Kier molecular flexibility index (Phi) is 3.77. The third-order valence-corrected chi connectivity index (χ3v) is 2.40. The summed E-state index contributed by atoms with van der Waals surface area (Å²) in [4.78, 5) is 0. The van der Waals surface area contributed by atoms with E-state index in [-0.39, 0.29) is 6.04 Å². The SMILES string of the molecule is O=S(=O)(Cl)ONC1CCCCC1. The summed E-state index contributed by atoms with van der Waals surface area (Å²) in [6, 6.07) is 0.132. The zero-order chi connectivity index (χ0) is 9.03. The van der Waals surface area contributed by atoms with E-state index in [4.69, 9.17) is 10.7 Å². The minimum absolute atomic E-state index is 0.132. The Bertz CT molecular complexity index is 223. The maximum absolute atomic E-state index is 10.4. The van der Waals surface area contributed by atoms with Crippen LogP contribution in [0.2, 0.25) is 0 Å². The summed E-state index contributed by atoms with van der Waals surface area (Å²) in [5.74, 6) is 0. The molecule has 0 aromatic rings. The van der Waals surface area contributed by atoms with Crippen molar-refractivity contribution in [2.24, 2.45) is 0 Å². The number of halogens is 1.